The van der Waals surface area contributed by atoms with Gasteiger partial charge < -0.3 is 15.0 Å². The lowest BCUT2D eigenvalue weighted by Crippen LogP contribution is -2.40. The summed E-state index contributed by atoms with van der Waals surface area (Å²) in [5.74, 6) is 0.561. The summed E-state index contributed by atoms with van der Waals surface area (Å²) in [5.41, 5.74) is 1.85. The summed E-state index contributed by atoms with van der Waals surface area (Å²) < 4.78 is 43.7. The molecule has 0 spiro atoms. The molecule has 0 fully saturated rings. The molecular weight excluding hydrogens is 429 g/mol. The van der Waals surface area contributed by atoms with Crippen LogP contribution in [0.1, 0.15) is 29.2 Å². The van der Waals surface area contributed by atoms with Gasteiger partial charge in [-0.3, -0.25) is 4.79 Å². The fourth-order valence-corrected chi connectivity index (χ4v) is 3.74. The Bertz CT molecular complexity index is 1020. The Morgan fingerprint density at radius 1 is 0.970 bits per heavy atom. The molecule has 3 aromatic carbocycles. The number of aryl methyl sites for hydroxylation is 1. The van der Waals surface area contributed by atoms with E-state index in [-0.39, 0.29) is 5.91 Å². The maximum atomic E-state index is 12.9. The van der Waals surface area contributed by atoms with Crippen molar-refractivity contribution < 1.29 is 22.7 Å². The summed E-state index contributed by atoms with van der Waals surface area (Å²) in [6.07, 6.45) is -3.11. The number of hydrogen-bond acceptors (Lipinski definition) is 3. The first-order chi connectivity index (χ1) is 15.8. The van der Waals surface area contributed by atoms with Crippen LogP contribution in [0.5, 0.6) is 5.75 Å². The number of nitrogens with one attached hydrogen (secondary N) is 1. The third kappa shape index (κ3) is 6.28. The maximum Gasteiger partial charge on any atom is 0.416 e. The van der Waals surface area contributed by atoms with Crippen molar-refractivity contribution in [3.05, 3.63) is 95.6 Å². The topological polar surface area (TPSA) is 41.6 Å². The quantitative estimate of drug-likeness (QED) is 0.453. The van der Waals surface area contributed by atoms with Crippen LogP contribution in [0.3, 0.4) is 0 Å². The zero-order valence-corrected chi connectivity index (χ0v) is 18.6. The van der Waals surface area contributed by atoms with E-state index in [1.165, 1.54) is 12.1 Å². The smallest absolute Gasteiger partial charge is 0.416 e. The highest BCUT2D eigenvalue weighted by atomic mass is 19.4. The standard InChI is InChI=1S/C26H27F3N2O2/c1-30-25(32)24(20-8-4-3-5-9-20)31(22-14-16-23(33-2)17-15-22)18-6-7-19-10-12-21(13-11-19)26(27,28)29/h3-5,8-17,24H,6-7,18H2,1-2H3,(H,30,32). The van der Waals surface area contributed by atoms with E-state index in [4.69, 9.17) is 4.74 Å². The van der Waals surface area contributed by atoms with Crippen LogP contribution in [-0.4, -0.2) is 26.6 Å². The number of likely N-dealkylation sites (N-methyl/N-ethyl adjacent to an activating group) is 1. The molecule has 1 N–H and O–H groups in total. The number of hydrogen-bond donors (Lipinski definition) is 1. The normalized spacial score (nSPS) is 12.2. The molecule has 7 heteroatoms. The van der Waals surface area contributed by atoms with E-state index in [1.54, 1.807) is 14.2 Å². The molecule has 0 aromatic heterocycles. The van der Waals surface area contributed by atoms with Crippen molar-refractivity contribution in [1.82, 2.24) is 5.32 Å². The third-order valence-electron chi connectivity index (χ3n) is 5.47. The second-order valence-corrected chi connectivity index (χ2v) is 7.62. The van der Waals surface area contributed by atoms with Gasteiger partial charge in [0.25, 0.3) is 0 Å². The monoisotopic (exact) mass is 456 g/mol. The minimum absolute atomic E-state index is 0.147. The van der Waals surface area contributed by atoms with Gasteiger partial charge >= 0.3 is 6.18 Å². The molecular formula is C26H27F3N2O2. The summed E-state index contributed by atoms with van der Waals surface area (Å²) in [7, 11) is 3.20. The van der Waals surface area contributed by atoms with Crippen LogP contribution in [0.4, 0.5) is 18.9 Å². The number of nitrogens with zero attached hydrogens (tertiary/aromatic N) is 1. The van der Waals surface area contributed by atoms with Crippen LogP contribution in [-0.2, 0) is 17.4 Å². The summed E-state index contributed by atoms with van der Waals surface area (Å²) in [6.45, 7) is 0.528. The molecule has 1 amide bonds. The molecule has 174 valence electrons. The molecule has 0 heterocycles. The number of carbonyl (C=O) groups excluding carboxylic acids is 1. The molecule has 0 aliphatic rings. The first-order valence-electron chi connectivity index (χ1n) is 10.7. The molecule has 0 bridgehead atoms. The fourth-order valence-electron chi connectivity index (χ4n) is 3.74. The van der Waals surface area contributed by atoms with Gasteiger partial charge in [0.2, 0.25) is 5.91 Å². The van der Waals surface area contributed by atoms with Gasteiger partial charge in [0.05, 0.1) is 12.7 Å². The van der Waals surface area contributed by atoms with Crippen molar-refractivity contribution in [1.29, 1.82) is 0 Å². The van der Waals surface area contributed by atoms with Crippen molar-refractivity contribution in [3.8, 4) is 5.75 Å². The van der Waals surface area contributed by atoms with E-state index in [9.17, 15) is 18.0 Å². The number of anilines is 1. The van der Waals surface area contributed by atoms with Gasteiger partial charge in [-0.1, -0.05) is 42.5 Å². The summed E-state index contributed by atoms with van der Waals surface area (Å²) >= 11 is 0. The first kappa shape index (κ1) is 24.2. The highest BCUT2D eigenvalue weighted by molar-refractivity contribution is 5.86. The Morgan fingerprint density at radius 3 is 2.15 bits per heavy atom. The van der Waals surface area contributed by atoms with Crippen molar-refractivity contribution in [2.45, 2.75) is 25.1 Å². The van der Waals surface area contributed by atoms with Crippen molar-refractivity contribution in [3.63, 3.8) is 0 Å². The van der Waals surface area contributed by atoms with E-state index >= 15 is 0 Å². The molecule has 4 nitrogen and oxygen atoms in total. The Kier molecular flexibility index (Phi) is 7.98. The second kappa shape index (κ2) is 10.9. The molecule has 0 saturated carbocycles. The molecule has 0 saturated heterocycles. The molecule has 0 aliphatic heterocycles. The highest BCUT2D eigenvalue weighted by Gasteiger charge is 2.30. The van der Waals surface area contributed by atoms with E-state index < -0.39 is 17.8 Å². The Balaban J connectivity index is 1.84. The number of halogens is 3. The van der Waals surface area contributed by atoms with Gasteiger partial charge in [0.15, 0.2) is 0 Å². The Hall–Kier alpha value is -3.48. The maximum absolute atomic E-state index is 12.9. The van der Waals surface area contributed by atoms with Crippen LogP contribution in [0.15, 0.2) is 78.9 Å². The van der Waals surface area contributed by atoms with Crippen LogP contribution in [0, 0.1) is 0 Å². The lowest BCUT2D eigenvalue weighted by Gasteiger charge is -2.33. The Morgan fingerprint density at radius 2 is 1.61 bits per heavy atom. The number of alkyl halides is 3. The Labute approximate surface area is 192 Å². The van der Waals surface area contributed by atoms with Crippen molar-refractivity contribution >= 4 is 11.6 Å². The number of ether oxygens (including phenoxy) is 1. The molecule has 1 unspecified atom stereocenters. The lowest BCUT2D eigenvalue weighted by atomic mass is 10.0. The van der Waals surface area contributed by atoms with Crippen LogP contribution >= 0.6 is 0 Å². The number of carbonyl (C=O) groups is 1. The van der Waals surface area contributed by atoms with E-state index in [0.29, 0.717) is 25.1 Å². The van der Waals surface area contributed by atoms with Crippen LogP contribution < -0.4 is 15.0 Å². The zero-order chi connectivity index (χ0) is 23.8. The third-order valence-corrected chi connectivity index (χ3v) is 5.47. The van der Waals surface area contributed by atoms with Gasteiger partial charge in [0, 0.05) is 19.3 Å². The zero-order valence-electron chi connectivity index (χ0n) is 18.6. The van der Waals surface area contributed by atoms with Gasteiger partial charge in [-0.25, -0.2) is 0 Å². The number of amides is 1. The lowest BCUT2D eigenvalue weighted by molar-refractivity contribution is -0.137. The number of rotatable bonds is 9. The minimum Gasteiger partial charge on any atom is -0.497 e. The molecule has 0 radical (unpaired) electrons. The number of methoxy groups -OCH3 is 1. The summed E-state index contributed by atoms with van der Waals surface area (Å²) in [6, 6.07) is 21.6. The SMILES string of the molecule is CNC(=O)C(c1ccccc1)N(CCCc1ccc(C(F)(F)F)cc1)c1ccc(OC)cc1. The van der Waals surface area contributed by atoms with E-state index in [1.807, 2.05) is 59.5 Å². The number of benzene rings is 3. The van der Waals surface area contributed by atoms with Gasteiger partial charge in [-0.05, 0) is 60.4 Å². The first-order valence-corrected chi connectivity index (χ1v) is 10.7. The average molecular weight is 457 g/mol. The molecule has 3 rings (SSSR count). The largest absolute Gasteiger partial charge is 0.497 e. The molecule has 0 aliphatic carbocycles. The summed E-state index contributed by atoms with van der Waals surface area (Å²) in [5, 5.41) is 2.75. The predicted molar refractivity (Wildman–Crippen MR) is 123 cm³/mol. The second-order valence-electron chi connectivity index (χ2n) is 7.62. The predicted octanol–water partition coefficient (Wildman–Crippen LogP) is 5.64. The van der Waals surface area contributed by atoms with Gasteiger partial charge in [-0.15, -0.1) is 0 Å². The van der Waals surface area contributed by atoms with E-state index in [2.05, 4.69) is 5.32 Å². The van der Waals surface area contributed by atoms with E-state index in [0.717, 1.165) is 28.9 Å². The van der Waals surface area contributed by atoms with Crippen LogP contribution in [0.2, 0.25) is 0 Å². The van der Waals surface area contributed by atoms with Crippen LogP contribution in [0.25, 0.3) is 0 Å². The molecule has 33 heavy (non-hydrogen) atoms. The highest BCUT2D eigenvalue weighted by Crippen LogP contribution is 2.31. The fraction of sp³-hybridized carbons (Fsp3) is 0.269. The average Bonchev–Trinajstić information content (AvgIpc) is 2.83. The van der Waals surface area contributed by atoms with Gasteiger partial charge in [-0.2, -0.15) is 13.2 Å². The molecule has 3 aromatic rings. The van der Waals surface area contributed by atoms with Crippen molar-refractivity contribution in [2.24, 2.45) is 0 Å². The van der Waals surface area contributed by atoms with Crippen molar-refractivity contribution in [2.75, 3.05) is 25.6 Å². The summed E-state index contributed by atoms with van der Waals surface area (Å²) in [4.78, 5) is 14.9. The molecule has 1 atom stereocenters. The minimum atomic E-state index is -4.35. The van der Waals surface area contributed by atoms with Gasteiger partial charge in [0.1, 0.15) is 11.8 Å².